The first-order chi connectivity index (χ1) is 12.7. The third-order valence-electron chi connectivity index (χ3n) is 3.64. The summed E-state index contributed by atoms with van der Waals surface area (Å²) in [6.45, 7) is 0. The molecule has 1 heterocycles. The lowest BCUT2D eigenvalue weighted by Gasteiger charge is -2.07. The van der Waals surface area contributed by atoms with Crippen LogP contribution in [0.4, 0.5) is 13.2 Å². The number of amides is 1. The third kappa shape index (κ3) is 3.70. The Kier molecular flexibility index (Phi) is 4.75. The maximum Gasteiger partial charge on any atom is 0.473 e. The first kappa shape index (κ1) is 18.6. The van der Waals surface area contributed by atoms with Gasteiger partial charge in [-0.1, -0.05) is 36.4 Å². The Hall–Kier alpha value is -3.14. The molecule has 10 heteroatoms. The monoisotopic (exact) mass is 395 g/mol. The molecule has 0 atom stereocenters. The van der Waals surface area contributed by atoms with Gasteiger partial charge in [0.25, 0.3) is 10.0 Å². The molecule has 0 aliphatic rings. The van der Waals surface area contributed by atoms with Crippen molar-refractivity contribution < 1.29 is 26.4 Å². The van der Waals surface area contributed by atoms with Crippen molar-refractivity contribution in [2.75, 3.05) is 0 Å². The molecule has 1 N–H and O–H groups in total. The smallest absolute Gasteiger partial charge is 0.263 e. The van der Waals surface area contributed by atoms with Gasteiger partial charge in [-0.3, -0.25) is 4.79 Å². The number of hydrogen-bond acceptors (Lipinski definition) is 4. The Morgan fingerprint density at radius 1 is 1.04 bits per heavy atom. The SMILES string of the molecule is O=C(N/N=C\c1cn(S(=O)(=O)c2ccccc2)c2ccccc12)C(F)(F)F. The molecule has 0 unspecified atom stereocenters. The number of rotatable bonds is 4. The van der Waals surface area contributed by atoms with Crippen molar-refractivity contribution in [3.8, 4) is 0 Å². The van der Waals surface area contributed by atoms with Crippen LogP contribution in [-0.4, -0.2) is 30.7 Å². The Bertz CT molecular complexity index is 1120. The third-order valence-corrected chi connectivity index (χ3v) is 5.32. The topological polar surface area (TPSA) is 80.5 Å². The quantitative estimate of drug-likeness (QED) is 0.545. The minimum absolute atomic E-state index is 0.0552. The van der Waals surface area contributed by atoms with Crippen molar-refractivity contribution in [1.29, 1.82) is 0 Å². The molecule has 3 aromatic rings. The summed E-state index contributed by atoms with van der Waals surface area (Å²) in [6, 6.07) is 14.1. The van der Waals surface area contributed by atoms with Crippen LogP contribution in [0.15, 0.2) is 70.8 Å². The maximum absolute atomic E-state index is 12.9. The molecule has 140 valence electrons. The molecule has 0 radical (unpaired) electrons. The number of nitrogens with zero attached hydrogens (tertiary/aromatic N) is 2. The van der Waals surface area contributed by atoms with Crippen molar-refractivity contribution in [2.24, 2.45) is 5.10 Å². The molecule has 0 aliphatic carbocycles. The van der Waals surface area contributed by atoms with Gasteiger partial charge in [0.1, 0.15) is 0 Å². The number of alkyl halides is 3. The molecule has 0 fully saturated rings. The second-order valence-corrected chi connectivity index (χ2v) is 7.23. The Morgan fingerprint density at radius 2 is 1.67 bits per heavy atom. The van der Waals surface area contributed by atoms with Gasteiger partial charge >= 0.3 is 12.1 Å². The van der Waals surface area contributed by atoms with Crippen LogP contribution < -0.4 is 5.43 Å². The number of carbonyl (C=O) groups is 1. The zero-order valence-electron chi connectivity index (χ0n) is 13.5. The highest BCUT2D eigenvalue weighted by molar-refractivity contribution is 7.90. The lowest BCUT2D eigenvalue weighted by Crippen LogP contribution is -2.33. The maximum atomic E-state index is 12.9. The Morgan fingerprint density at radius 3 is 2.33 bits per heavy atom. The molecule has 0 saturated carbocycles. The standard InChI is InChI=1S/C17H12F3N3O3S/c18-17(19,20)16(24)22-21-10-12-11-23(15-9-5-4-8-14(12)15)27(25,26)13-6-2-1-3-7-13/h1-11H,(H,22,24)/b21-10-. The van der Waals surface area contributed by atoms with Gasteiger partial charge in [0.2, 0.25) is 0 Å². The number of hydrazone groups is 1. The molecular weight excluding hydrogens is 383 g/mol. The number of aromatic nitrogens is 1. The van der Waals surface area contributed by atoms with Crippen LogP contribution in [-0.2, 0) is 14.8 Å². The summed E-state index contributed by atoms with van der Waals surface area (Å²) in [5.74, 6) is -2.22. The number of halogens is 3. The molecule has 0 aliphatic heterocycles. The summed E-state index contributed by atoms with van der Waals surface area (Å²) in [7, 11) is -3.92. The van der Waals surface area contributed by atoms with Gasteiger partial charge in [0.05, 0.1) is 16.6 Å². The Labute approximate surface area is 152 Å². The van der Waals surface area contributed by atoms with Crippen LogP contribution in [0.5, 0.6) is 0 Å². The minimum atomic E-state index is -5.07. The fourth-order valence-corrected chi connectivity index (χ4v) is 3.81. The van der Waals surface area contributed by atoms with Gasteiger partial charge < -0.3 is 0 Å². The lowest BCUT2D eigenvalue weighted by atomic mass is 10.2. The van der Waals surface area contributed by atoms with E-state index in [1.165, 1.54) is 23.8 Å². The number of benzene rings is 2. The molecule has 0 bridgehead atoms. The second-order valence-electron chi connectivity index (χ2n) is 5.41. The summed E-state index contributed by atoms with van der Waals surface area (Å²) in [5.41, 5.74) is 1.92. The van der Waals surface area contributed by atoms with Crippen molar-refractivity contribution in [2.45, 2.75) is 11.1 Å². The van der Waals surface area contributed by atoms with Crippen molar-refractivity contribution in [3.63, 3.8) is 0 Å². The van der Waals surface area contributed by atoms with Crippen LogP contribution in [0.2, 0.25) is 0 Å². The van der Waals surface area contributed by atoms with Gasteiger partial charge in [-0.05, 0) is 18.2 Å². The van der Waals surface area contributed by atoms with Crippen LogP contribution in [0.3, 0.4) is 0 Å². The van der Waals surface area contributed by atoms with E-state index < -0.39 is 22.1 Å². The summed E-state index contributed by atoms with van der Waals surface area (Å²) in [4.78, 5) is 10.9. The first-order valence-corrected chi connectivity index (χ1v) is 8.96. The largest absolute Gasteiger partial charge is 0.473 e. The number of hydrogen-bond donors (Lipinski definition) is 1. The fraction of sp³-hybridized carbons (Fsp3) is 0.0588. The second kappa shape index (κ2) is 6.88. The summed E-state index contributed by atoms with van der Waals surface area (Å²) in [6.07, 6.45) is -2.87. The minimum Gasteiger partial charge on any atom is -0.263 e. The van der Waals surface area contributed by atoms with E-state index in [4.69, 9.17) is 0 Å². The normalized spacial score (nSPS) is 12.6. The molecule has 2 aromatic carbocycles. The van der Waals surface area contributed by atoms with E-state index in [1.54, 1.807) is 42.5 Å². The van der Waals surface area contributed by atoms with Gasteiger partial charge in [-0.25, -0.2) is 17.8 Å². The highest BCUT2D eigenvalue weighted by Gasteiger charge is 2.38. The van der Waals surface area contributed by atoms with Crippen molar-refractivity contribution >= 4 is 33.0 Å². The number of carbonyl (C=O) groups excluding carboxylic acids is 1. The molecule has 27 heavy (non-hydrogen) atoms. The van der Waals surface area contributed by atoms with Crippen molar-refractivity contribution in [1.82, 2.24) is 9.40 Å². The van der Waals surface area contributed by atoms with Crippen LogP contribution in [0, 0.1) is 0 Å². The average molecular weight is 395 g/mol. The van der Waals surface area contributed by atoms with Crippen LogP contribution in [0.25, 0.3) is 10.9 Å². The summed E-state index contributed by atoms with van der Waals surface area (Å²) < 4.78 is 63.4. The van der Waals surface area contributed by atoms with E-state index in [0.29, 0.717) is 10.9 Å². The van der Waals surface area contributed by atoms with Crippen LogP contribution in [0.1, 0.15) is 5.56 Å². The Balaban J connectivity index is 2.04. The van der Waals surface area contributed by atoms with Crippen LogP contribution >= 0.6 is 0 Å². The molecule has 3 rings (SSSR count). The zero-order chi connectivity index (χ0) is 19.7. The number of fused-ring (bicyclic) bond motifs is 1. The molecule has 0 saturated heterocycles. The van der Waals surface area contributed by atoms with E-state index in [9.17, 15) is 26.4 Å². The summed E-state index contributed by atoms with van der Waals surface area (Å²) >= 11 is 0. The molecular formula is C17H12F3N3O3S. The van der Waals surface area contributed by atoms with E-state index in [2.05, 4.69) is 5.10 Å². The molecule has 1 aromatic heterocycles. The lowest BCUT2D eigenvalue weighted by molar-refractivity contribution is -0.173. The van der Waals surface area contributed by atoms with Gasteiger partial charge in [0, 0.05) is 17.1 Å². The van der Waals surface area contributed by atoms with Gasteiger partial charge in [-0.2, -0.15) is 18.3 Å². The van der Waals surface area contributed by atoms with Gasteiger partial charge in [0.15, 0.2) is 0 Å². The number of nitrogens with one attached hydrogen (secondary N) is 1. The predicted octanol–water partition coefficient (Wildman–Crippen LogP) is 2.89. The zero-order valence-corrected chi connectivity index (χ0v) is 14.3. The van der Waals surface area contributed by atoms with E-state index in [1.807, 2.05) is 0 Å². The number of para-hydroxylation sites is 1. The highest BCUT2D eigenvalue weighted by atomic mass is 32.2. The predicted molar refractivity (Wildman–Crippen MR) is 92.8 cm³/mol. The van der Waals surface area contributed by atoms with Gasteiger partial charge in [-0.15, -0.1) is 0 Å². The average Bonchev–Trinajstić information content (AvgIpc) is 3.01. The first-order valence-electron chi connectivity index (χ1n) is 7.52. The van der Waals surface area contributed by atoms with E-state index in [-0.39, 0.29) is 10.5 Å². The molecule has 0 spiro atoms. The fourth-order valence-electron chi connectivity index (χ4n) is 2.41. The molecule has 1 amide bonds. The van der Waals surface area contributed by atoms with Crippen molar-refractivity contribution in [3.05, 3.63) is 66.4 Å². The summed E-state index contributed by atoms with van der Waals surface area (Å²) in [5, 5.41) is 3.72. The highest BCUT2D eigenvalue weighted by Crippen LogP contribution is 2.25. The van der Waals surface area contributed by atoms with E-state index >= 15 is 0 Å². The molecule has 6 nitrogen and oxygen atoms in total. The van der Waals surface area contributed by atoms with E-state index in [0.717, 1.165) is 10.2 Å².